The van der Waals surface area contributed by atoms with Crippen LogP contribution in [-0.2, 0) is 6.61 Å². The number of aliphatic hydroxyl groups excluding tert-OH is 1. The average Bonchev–Trinajstić information content (AvgIpc) is 1.88. The minimum Gasteiger partial charge on any atom is -0.392 e. The molecular weight excluding hydrogens is 148 g/mol. The third kappa shape index (κ3) is 1.49. The first kappa shape index (κ1) is 7.58. The Bertz CT molecular complexity index is 233. The summed E-state index contributed by atoms with van der Waals surface area (Å²) < 4.78 is 0. The van der Waals surface area contributed by atoms with Gasteiger partial charge in [-0.15, -0.1) is 0 Å². The van der Waals surface area contributed by atoms with Crippen LogP contribution >= 0.6 is 11.6 Å². The normalized spacial score (nSPS) is 9.90. The molecule has 1 aromatic rings. The molecule has 0 spiro atoms. The van der Waals surface area contributed by atoms with E-state index in [2.05, 4.69) is 6.92 Å². The fourth-order valence-electron chi connectivity index (χ4n) is 0.749. The maximum Gasteiger partial charge on any atom is 0.0684 e. The molecule has 0 aliphatic carbocycles. The van der Waals surface area contributed by atoms with Crippen molar-refractivity contribution in [3.63, 3.8) is 0 Å². The van der Waals surface area contributed by atoms with E-state index in [0.29, 0.717) is 5.02 Å². The molecule has 0 saturated heterocycles. The molecule has 1 rings (SSSR count). The van der Waals surface area contributed by atoms with Gasteiger partial charge in [0, 0.05) is 5.02 Å². The zero-order chi connectivity index (χ0) is 7.56. The van der Waals surface area contributed by atoms with Crippen molar-refractivity contribution < 1.29 is 5.11 Å². The fourth-order valence-corrected chi connectivity index (χ4v) is 0.943. The lowest BCUT2D eigenvalue weighted by Gasteiger charge is -2.00. The maximum atomic E-state index is 8.73. The summed E-state index contributed by atoms with van der Waals surface area (Å²) in [5, 5.41) is 9.38. The Kier molecular flexibility index (Phi) is 2.30. The lowest BCUT2D eigenvalue weighted by atomic mass is 10.1. The number of rotatable bonds is 1. The molecule has 10 heavy (non-hydrogen) atoms. The molecule has 0 aliphatic heterocycles. The molecule has 0 saturated carbocycles. The number of halogens is 1. The fraction of sp³-hybridized carbons (Fsp3) is 0.125. The molecule has 53 valence electrons. The Morgan fingerprint density at radius 1 is 1.50 bits per heavy atom. The van der Waals surface area contributed by atoms with Crippen molar-refractivity contribution in [3.05, 3.63) is 41.3 Å². The number of hydrogen-bond acceptors (Lipinski definition) is 1. The van der Waals surface area contributed by atoms with Gasteiger partial charge in [0.25, 0.3) is 0 Å². The monoisotopic (exact) mass is 155 g/mol. The van der Waals surface area contributed by atoms with Gasteiger partial charge in [-0.3, -0.25) is 0 Å². The van der Waals surface area contributed by atoms with Gasteiger partial charge in [-0.25, -0.2) is 0 Å². The van der Waals surface area contributed by atoms with E-state index in [1.165, 1.54) is 0 Å². The summed E-state index contributed by atoms with van der Waals surface area (Å²) in [7, 11) is 0. The number of benzene rings is 1. The quantitative estimate of drug-likeness (QED) is 0.658. The van der Waals surface area contributed by atoms with E-state index in [4.69, 9.17) is 16.7 Å². The lowest BCUT2D eigenvalue weighted by molar-refractivity contribution is 0.281. The van der Waals surface area contributed by atoms with Gasteiger partial charge >= 0.3 is 0 Å². The largest absolute Gasteiger partial charge is 0.392 e. The highest BCUT2D eigenvalue weighted by Gasteiger charge is 1.95. The van der Waals surface area contributed by atoms with Gasteiger partial charge in [-0.2, -0.15) is 0 Å². The highest BCUT2D eigenvalue weighted by Crippen LogP contribution is 2.14. The number of hydrogen-bond donors (Lipinski definition) is 1. The minimum atomic E-state index is 0.0238. The van der Waals surface area contributed by atoms with Crippen LogP contribution in [0.5, 0.6) is 0 Å². The van der Waals surface area contributed by atoms with Gasteiger partial charge in [0.1, 0.15) is 0 Å². The molecule has 1 nitrogen and oxygen atoms in total. The van der Waals surface area contributed by atoms with Crippen molar-refractivity contribution in [2.75, 3.05) is 0 Å². The van der Waals surface area contributed by atoms with Crippen LogP contribution < -0.4 is 0 Å². The predicted octanol–water partition coefficient (Wildman–Crippen LogP) is 2.01. The van der Waals surface area contributed by atoms with E-state index in [1.54, 1.807) is 18.2 Å². The summed E-state index contributed by atoms with van der Waals surface area (Å²) in [5.41, 5.74) is 1.61. The SMILES string of the molecule is [CH2]c1cc(Cl)ccc1CO. The lowest BCUT2D eigenvalue weighted by Crippen LogP contribution is -1.86. The van der Waals surface area contributed by atoms with Crippen molar-refractivity contribution in [2.24, 2.45) is 0 Å². The van der Waals surface area contributed by atoms with Crippen molar-refractivity contribution in [3.8, 4) is 0 Å². The van der Waals surface area contributed by atoms with Gasteiger partial charge in [-0.05, 0) is 30.2 Å². The van der Waals surface area contributed by atoms with E-state index in [0.717, 1.165) is 11.1 Å². The van der Waals surface area contributed by atoms with Gasteiger partial charge < -0.3 is 5.11 Å². The summed E-state index contributed by atoms with van der Waals surface area (Å²) in [4.78, 5) is 0. The first-order valence-electron chi connectivity index (χ1n) is 2.95. The zero-order valence-corrected chi connectivity index (χ0v) is 6.23. The molecule has 0 fully saturated rings. The Morgan fingerprint density at radius 2 is 2.20 bits per heavy atom. The van der Waals surface area contributed by atoms with Gasteiger partial charge in [-0.1, -0.05) is 17.7 Å². The van der Waals surface area contributed by atoms with E-state index in [1.807, 2.05) is 0 Å². The van der Waals surface area contributed by atoms with Crippen molar-refractivity contribution in [2.45, 2.75) is 6.61 Å². The van der Waals surface area contributed by atoms with E-state index >= 15 is 0 Å². The second-order valence-corrected chi connectivity index (χ2v) is 2.51. The molecule has 0 unspecified atom stereocenters. The summed E-state index contributed by atoms with van der Waals surface area (Å²) in [6.45, 7) is 3.73. The van der Waals surface area contributed by atoms with E-state index in [-0.39, 0.29) is 6.61 Å². The molecule has 0 aliphatic rings. The van der Waals surface area contributed by atoms with Crippen LogP contribution in [-0.4, -0.2) is 5.11 Å². The Balaban J connectivity index is 3.07. The van der Waals surface area contributed by atoms with E-state index in [9.17, 15) is 0 Å². The number of aliphatic hydroxyl groups is 1. The molecule has 0 atom stereocenters. The van der Waals surface area contributed by atoms with Crippen molar-refractivity contribution in [1.82, 2.24) is 0 Å². The van der Waals surface area contributed by atoms with Crippen LogP contribution in [0.15, 0.2) is 18.2 Å². The topological polar surface area (TPSA) is 20.2 Å². The minimum absolute atomic E-state index is 0.0238. The summed E-state index contributed by atoms with van der Waals surface area (Å²) >= 11 is 5.65. The van der Waals surface area contributed by atoms with Crippen LogP contribution in [0.3, 0.4) is 0 Å². The first-order valence-corrected chi connectivity index (χ1v) is 3.33. The Morgan fingerprint density at radius 3 is 2.70 bits per heavy atom. The second kappa shape index (κ2) is 3.04. The van der Waals surface area contributed by atoms with Crippen LogP contribution in [0.1, 0.15) is 11.1 Å². The zero-order valence-electron chi connectivity index (χ0n) is 5.47. The van der Waals surface area contributed by atoms with Crippen molar-refractivity contribution >= 4 is 11.6 Å². The van der Waals surface area contributed by atoms with Crippen molar-refractivity contribution in [1.29, 1.82) is 0 Å². The smallest absolute Gasteiger partial charge is 0.0684 e. The van der Waals surface area contributed by atoms with Crippen LogP contribution in [0.2, 0.25) is 5.02 Å². The van der Waals surface area contributed by atoms with Crippen LogP contribution in [0.25, 0.3) is 0 Å². The third-order valence-corrected chi connectivity index (χ3v) is 1.57. The standard InChI is InChI=1S/C8H8ClO/c1-6-4-8(9)3-2-7(6)5-10/h2-4,10H,1,5H2. The Hall–Kier alpha value is -0.530. The average molecular weight is 156 g/mol. The Labute approximate surface area is 65.3 Å². The van der Waals surface area contributed by atoms with Gasteiger partial charge in [0.05, 0.1) is 6.61 Å². The third-order valence-electron chi connectivity index (χ3n) is 1.34. The van der Waals surface area contributed by atoms with E-state index < -0.39 is 0 Å². The molecule has 0 aromatic heterocycles. The molecular formula is C8H8ClO. The van der Waals surface area contributed by atoms with Gasteiger partial charge in [0.15, 0.2) is 0 Å². The molecule has 0 bridgehead atoms. The van der Waals surface area contributed by atoms with Gasteiger partial charge in [0.2, 0.25) is 0 Å². The first-order chi connectivity index (χ1) is 4.74. The summed E-state index contributed by atoms with van der Waals surface area (Å²) in [5.74, 6) is 0. The maximum absolute atomic E-state index is 8.73. The van der Waals surface area contributed by atoms with Crippen LogP contribution in [0.4, 0.5) is 0 Å². The molecule has 0 heterocycles. The van der Waals surface area contributed by atoms with Crippen LogP contribution in [0, 0.1) is 6.92 Å². The summed E-state index contributed by atoms with van der Waals surface area (Å²) in [6, 6.07) is 5.24. The predicted molar refractivity (Wildman–Crippen MR) is 41.8 cm³/mol. The second-order valence-electron chi connectivity index (χ2n) is 2.07. The molecule has 0 amide bonds. The summed E-state index contributed by atoms with van der Waals surface area (Å²) in [6.07, 6.45) is 0. The molecule has 1 radical (unpaired) electrons. The molecule has 1 aromatic carbocycles. The molecule has 2 heteroatoms. The molecule has 1 N–H and O–H groups in total. The highest BCUT2D eigenvalue weighted by molar-refractivity contribution is 6.30. The highest BCUT2D eigenvalue weighted by atomic mass is 35.5.